The lowest BCUT2D eigenvalue weighted by Gasteiger charge is -2.06. The van der Waals surface area contributed by atoms with Crippen molar-refractivity contribution in [3.8, 4) is 11.3 Å². The summed E-state index contributed by atoms with van der Waals surface area (Å²) in [6.45, 7) is 1.95. The number of aromatic nitrogens is 2. The number of hydrogen-bond donors (Lipinski definition) is 2. The molecule has 0 bridgehead atoms. The van der Waals surface area contributed by atoms with Crippen molar-refractivity contribution < 1.29 is 13.2 Å². The largest absolute Gasteiger partial charge is 0.416 e. The fourth-order valence-corrected chi connectivity index (χ4v) is 2.16. The van der Waals surface area contributed by atoms with E-state index in [1.807, 2.05) is 19.1 Å². The summed E-state index contributed by atoms with van der Waals surface area (Å²) in [6.07, 6.45) is -4.33. The van der Waals surface area contributed by atoms with Gasteiger partial charge in [-0.25, -0.2) is 0 Å². The molecule has 0 aliphatic carbocycles. The fourth-order valence-electron chi connectivity index (χ4n) is 2.16. The highest BCUT2D eigenvalue weighted by Gasteiger charge is 2.30. The molecule has 1 aromatic heterocycles. The quantitative estimate of drug-likeness (QED) is 0.718. The van der Waals surface area contributed by atoms with Gasteiger partial charge < -0.3 is 5.32 Å². The second kappa shape index (κ2) is 5.79. The topological polar surface area (TPSA) is 40.7 Å². The number of anilines is 2. The SMILES string of the molecule is Cc1c[c]ccc1Nc1cc(-c2ccc(C(F)(F)F)cc2)[nH]n1. The number of alkyl halides is 3. The maximum Gasteiger partial charge on any atom is 0.416 e. The molecule has 1 heterocycles. The van der Waals surface area contributed by atoms with Gasteiger partial charge in [0, 0.05) is 11.8 Å². The van der Waals surface area contributed by atoms with Gasteiger partial charge in [-0.05, 0) is 48.4 Å². The maximum absolute atomic E-state index is 12.6. The Morgan fingerprint density at radius 2 is 1.87 bits per heavy atom. The first-order valence-electron chi connectivity index (χ1n) is 6.90. The summed E-state index contributed by atoms with van der Waals surface area (Å²) in [5.41, 5.74) is 2.52. The Hall–Kier alpha value is -2.76. The summed E-state index contributed by atoms with van der Waals surface area (Å²) in [7, 11) is 0. The Balaban J connectivity index is 1.81. The van der Waals surface area contributed by atoms with Gasteiger partial charge >= 0.3 is 6.18 Å². The summed E-state index contributed by atoms with van der Waals surface area (Å²) in [4.78, 5) is 0. The van der Waals surface area contributed by atoms with Crippen LogP contribution in [0.2, 0.25) is 0 Å². The number of hydrogen-bond acceptors (Lipinski definition) is 2. The summed E-state index contributed by atoms with van der Waals surface area (Å²) in [6, 6.07) is 15.2. The van der Waals surface area contributed by atoms with E-state index in [0.717, 1.165) is 23.4 Å². The highest BCUT2D eigenvalue weighted by Crippen LogP contribution is 2.31. The predicted octanol–water partition coefficient (Wildman–Crippen LogP) is 4.95. The lowest BCUT2D eigenvalue weighted by Crippen LogP contribution is -2.03. The standard InChI is InChI=1S/C17H13F3N3/c1-11-4-2-3-5-14(11)21-16-10-15(22-23-16)12-6-8-13(9-7-12)17(18,19)20/h3-10H,1H3,(H2,21,22,23). The Morgan fingerprint density at radius 1 is 1.13 bits per heavy atom. The van der Waals surface area contributed by atoms with Crippen molar-refractivity contribution >= 4 is 11.5 Å². The van der Waals surface area contributed by atoms with Gasteiger partial charge in [-0.15, -0.1) is 0 Å². The van der Waals surface area contributed by atoms with Gasteiger partial charge in [-0.1, -0.05) is 18.2 Å². The van der Waals surface area contributed by atoms with Crippen LogP contribution in [0.25, 0.3) is 11.3 Å². The van der Waals surface area contributed by atoms with Crippen molar-refractivity contribution in [2.45, 2.75) is 13.1 Å². The number of aryl methyl sites for hydroxylation is 1. The van der Waals surface area contributed by atoms with Crippen molar-refractivity contribution in [1.29, 1.82) is 0 Å². The van der Waals surface area contributed by atoms with Gasteiger partial charge in [-0.3, -0.25) is 5.10 Å². The fraction of sp³-hybridized carbons (Fsp3) is 0.118. The van der Waals surface area contributed by atoms with Crippen LogP contribution in [0.5, 0.6) is 0 Å². The number of aromatic amines is 1. The number of nitrogens with zero attached hydrogens (tertiary/aromatic N) is 1. The van der Waals surface area contributed by atoms with E-state index in [-0.39, 0.29) is 0 Å². The number of nitrogens with one attached hydrogen (secondary N) is 2. The van der Waals surface area contributed by atoms with Crippen LogP contribution in [0.4, 0.5) is 24.7 Å². The Kier molecular flexibility index (Phi) is 3.82. The van der Waals surface area contributed by atoms with Crippen molar-refractivity contribution in [3.63, 3.8) is 0 Å². The van der Waals surface area contributed by atoms with E-state index in [4.69, 9.17) is 0 Å². The molecule has 23 heavy (non-hydrogen) atoms. The molecule has 2 N–H and O–H groups in total. The van der Waals surface area contributed by atoms with Crippen molar-refractivity contribution in [2.75, 3.05) is 5.32 Å². The van der Waals surface area contributed by atoms with Gasteiger partial charge in [0.25, 0.3) is 0 Å². The Bertz CT molecular complexity index is 804. The highest BCUT2D eigenvalue weighted by molar-refractivity contribution is 5.67. The normalized spacial score (nSPS) is 11.5. The molecule has 0 amide bonds. The minimum Gasteiger partial charge on any atom is -0.339 e. The molecule has 0 aliphatic rings. The van der Waals surface area contributed by atoms with Crippen LogP contribution in [0, 0.1) is 13.0 Å². The molecule has 3 rings (SSSR count). The lowest BCUT2D eigenvalue weighted by atomic mass is 10.1. The summed E-state index contributed by atoms with van der Waals surface area (Å²) >= 11 is 0. The van der Waals surface area contributed by atoms with E-state index >= 15 is 0 Å². The van der Waals surface area contributed by atoms with Crippen LogP contribution >= 0.6 is 0 Å². The van der Waals surface area contributed by atoms with Crippen LogP contribution < -0.4 is 5.32 Å². The molecular formula is C17H13F3N3. The molecule has 0 saturated carbocycles. The minimum absolute atomic E-state index is 0.592. The minimum atomic E-state index is -4.33. The molecule has 0 fully saturated rings. The van der Waals surface area contributed by atoms with Gasteiger partial charge in [0.1, 0.15) is 0 Å². The molecule has 0 saturated heterocycles. The molecule has 0 aliphatic heterocycles. The molecule has 0 atom stereocenters. The van der Waals surface area contributed by atoms with E-state index < -0.39 is 11.7 Å². The van der Waals surface area contributed by atoms with Gasteiger partial charge in [0.2, 0.25) is 0 Å². The first-order valence-corrected chi connectivity index (χ1v) is 6.90. The molecule has 3 nitrogen and oxygen atoms in total. The molecule has 2 aromatic carbocycles. The third-order valence-corrected chi connectivity index (χ3v) is 3.43. The van der Waals surface area contributed by atoms with Crippen LogP contribution in [-0.2, 0) is 6.18 Å². The third kappa shape index (κ3) is 3.36. The second-order valence-corrected chi connectivity index (χ2v) is 5.11. The smallest absolute Gasteiger partial charge is 0.339 e. The molecule has 1 radical (unpaired) electrons. The highest BCUT2D eigenvalue weighted by atomic mass is 19.4. The molecule has 6 heteroatoms. The Morgan fingerprint density at radius 3 is 2.52 bits per heavy atom. The Labute approximate surface area is 131 Å². The monoisotopic (exact) mass is 316 g/mol. The summed E-state index contributed by atoms with van der Waals surface area (Å²) < 4.78 is 37.7. The van der Waals surface area contributed by atoms with E-state index in [1.54, 1.807) is 12.1 Å². The van der Waals surface area contributed by atoms with Gasteiger partial charge in [-0.2, -0.15) is 18.3 Å². The summed E-state index contributed by atoms with van der Waals surface area (Å²) in [5.74, 6) is 0.592. The van der Waals surface area contributed by atoms with E-state index in [2.05, 4.69) is 21.6 Å². The predicted molar refractivity (Wildman–Crippen MR) is 82.3 cm³/mol. The number of halogens is 3. The summed E-state index contributed by atoms with van der Waals surface area (Å²) in [5, 5.41) is 10.1. The third-order valence-electron chi connectivity index (χ3n) is 3.43. The number of benzene rings is 2. The zero-order valence-corrected chi connectivity index (χ0v) is 12.2. The lowest BCUT2D eigenvalue weighted by molar-refractivity contribution is -0.137. The van der Waals surface area contributed by atoms with Crippen LogP contribution in [0.1, 0.15) is 11.1 Å². The maximum atomic E-state index is 12.6. The first kappa shape index (κ1) is 15.1. The van der Waals surface area contributed by atoms with Crippen LogP contribution in [-0.4, -0.2) is 10.2 Å². The number of rotatable bonds is 3. The zero-order chi connectivity index (χ0) is 16.4. The average molecular weight is 316 g/mol. The first-order chi connectivity index (χ1) is 10.9. The van der Waals surface area contributed by atoms with E-state index in [0.29, 0.717) is 17.1 Å². The van der Waals surface area contributed by atoms with Gasteiger partial charge in [0.05, 0.1) is 11.3 Å². The van der Waals surface area contributed by atoms with E-state index in [9.17, 15) is 13.2 Å². The van der Waals surface area contributed by atoms with Crippen molar-refractivity contribution in [1.82, 2.24) is 10.2 Å². The molecule has 0 spiro atoms. The van der Waals surface area contributed by atoms with Crippen LogP contribution in [0.3, 0.4) is 0 Å². The van der Waals surface area contributed by atoms with E-state index in [1.165, 1.54) is 12.1 Å². The van der Waals surface area contributed by atoms with Crippen LogP contribution in [0.15, 0.2) is 48.5 Å². The van der Waals surface area contributed by atoms with Gasteiger partial charge in [0.15, 0.2) is 5.82 Å². The second-order valence-electron chi connectivity index (χ2n) is 5.11. The average Bonchev–Trinajstić information content (AvgIpc) is 2.97. The molecule has 117 valence electrons. The number of H-pyrrole nitrogens is 1. The van der Waals surface area contributed by atoms with Crippen molar-refractivity contribution in [3.05, 3.63) is 65.7 Å². The zero-order valence-electron chi connectivity index (χ0n) is 12.2. The molecule has 3 aromatic rings. The molecule has 0 unspecified atom stereocenters. The molecular weight excluding hydrogens is 303 g/mol. The van der Waals surface area contributed by atoms with Crippen molar-refractivity contribution in [2.24, 2.45) is 0 Å².